The molecule has 1 atom stereocenters. The molecular weight excluding hydrogens is 254 g/mol. The van der Waals surface area contributed by atoms with Crippen LogP contribution in [0.25, 0.3) is 0 Å². The van der Waals surface area contributed by atoms with Gasteiger partial charge in [-0.1, -0.05) is 12.1 Å². The maximum atomic E-state index is 11.9. The van der Waals surface area contributed by atoms with Gasteiger partial charge < -0.3 is 15.7 Å². The van der Waals surface area contributed by atoms with Gasteiger partial charge in [-0.2, -0.15) is 0 Å². The number of nitrogens with one attached hydrogen (secondary N) is 2. The molecule has 0 saturated carbocycles. The summed E-state index contributed by atoms with van der Waals surface area (Å²) in [5.74, 6) is 0. The van der Waals surface area contributed by atoms with Gasteiger partial charge in [-0.25, -0.2) is 4.79 Å². The molecule has 2 rings (SSSR count). The maximum Gasteiger partial charge on any atom is 0.323 e. The number of rotatable bonds is 3. The van der Waals surface area contributed by atoms with E-state index in [1.807, 2.05) is 6.92 Å². The molecule has 0 saturated heterocycles. The lowest BCUT2D eigenvalue weighted by Crippen LogP contribution is -2.20. The van der Waals surface area contributed by atoms with Crippen LogP contribution < -0.4 is 10.6 Å². The summed E-state index contributed by atoms with van der Waals surface area (Å²) in [7, 11) is 0. The van der Waals surface area contributed by atoms with Crippen molar-refractivity contribution in [3.8, 4) is 0 Å². The van der Waals surface area contributed by atoms with E-state index in [9.17, 15) is 9.90 Å². The molecule has 3 N–H and O–H groups in total. The van der Waals surface area contributed by atoms with Crippen molar-refractivity contribution < 1.29 is 9.90 Å². The normalized spacial score (nSPS) is 11.8. The maximum absolute atomic E-state index is 11.9. The molecular formula is C15H17N3O2. The van der Waals surface area contributed by atoms with E-state index in [4.69, 9.17) is 0 Å². The van der Waals surface area contributed by atoms with Gasteiger partial charge in [0.15, 0.2) is 0 Å². The van der Waals surface area contributed by atoms with Crippen LogP contribution in [-0.4, -0.2) is 16.1 Å². The lowest BCUT2D eigenvalue weighted by atomic mass is 10.1. The van der Waals surface area contributed by atoms with E-state index in [-0.39, 0.29) is 6.03 Å². The summed E-state index contributed by atoms with van der Waals surface area (Å²) in [6.45, 7) is 3.50. The van der Waals surface area contributed by atoms with Crippen molar-refractivity contribution in [1.82, 2.24) is 4.98 Å². The number of amides is 2. The zero-order valence-corrected chi connectivity index (χ0v) is 11.4. The van der Waals surface area contributed by atoms with Crippen molar-refractivity contribution in [3.05, 3.63) is 53.9 Å². The molecule has 0 aliphatic heterocycles. The Morgan fingerprint density at radius 1 is 1.25 bits per heavy atom. The fraction of sp³-hybridized carbons (Fsp3) is 0.200. The Balaban J connectivity index is 2.05. The summed E-state index contributed by atoms with van der Waals surface area (Å²) < 4.78 is 0. The van der Waals surface area contributed by atoms with E-state index in [0.717, 1.165) is 11.3 Å². The topological polar surface area (TPSA) is 74.2 Å². The van der Waals surface area contributed by atoms with Crippen molar-refractivity contribution in [2.45, 2.75) is 20.0 Å². The number of urea groups is 1. The largest absolute Gasteiger partial charge is 0.389 e. The first-order valence-corrected chi connectivity index (χ1v) is 6.34. The van der Waals surface area contributed by atoms with E-state index >= 15 is 0 Å². The third-order valence-corrected chi connectivity index (χ3v) is 2.88. The molecule has 1 aromatic carbocycles. The van der Waals surface area contributed by atoms with Gasteiger partial charge in [0.25, 0.3) is 0 Å². The van der Waals surface area contributed by atoms with Crippen LogP contribution in [0, 0.1) is 6.92 Å². The number of carbonyl (C=O) groups is 1. The Bertz CT molecular complexity index is 612. The Morgan fingerprint density at radius 2 is 2.05 bits per heavy atom. The van der Waals surface area contributed by atoms with Crippen molar-refractivity contribution in [1.29, 1.82) is 0 Å². The molecule has 0 fully saturated rings. The summed E-state index contributed by atoms with van der Waals surface area (Å²) in [6.07, 6.45) is 1.10. The van der Waals surface area contributed by atoms with Gasteiger partial charge in [0, 0.05) is 11.9 Å². The summed E-state index contributed by atoms with van der Waals surface area (Å²) in [5.41, 5.74) is 2.79. The molecule has 2 amide bonds. The number of aliphatic hydroxyl groups excluding tert-OH is 1. The third kappa shape index (κ3) is 3.55. The number of hydrogen-bond donors (Lipinski definition) is 3. The highest BCUT2D eigenvalue weighted by Crippen LogP contribution is 2.17. The molecule has 104 valence electrons. The van der Waals surface area contributed by atoms with Crippen molar-refractivity contribution in [3.63, 3.8) is 0 Å². The van der Waals surface area contributed by atoms with Gasteiger partial charge in [0.05, 0.1) is 17.5 Å². The average Bonchev–Trinajstić information content (AvgIpc) is 2.41. The number of nitrogens with zero attached hydrogens (tertiary/aromatic N) is 1. The first kappa shape index (κ1) is 14.0. The predicted molar refractivity (Wildman–Crippen MR) is 78.7 cm³/mol. The van der Waals surface area contributed by atoms with Crippen LogP contribution in [0.15, 0.2) is 42.6 Å². The van der Waals surface area contributed by atoms with Crippen LogP contribution in [0.1, 0.15) is 24.3 Å². The number of pyridine rings is 1. The molecule has 2 aromatic rings. The minimum absolute atomic E-state index is 0.344. The van der Waals surface area contributed by atoms with E-state index in [1.54, 1.807) is 49.5 Å². The molecule has 1 aromatic heterocycles. The third-order valence-electron chi connectivity index (χ3n) is 2.88. The van der Waals surface area contributed by atoms with Crippen molar-refractivity contribution in [2.75, 3.05) is 10.6 Å². The Morgan fingerprint density at radius 3 is 2.75 bits per heavy atom. The van der Waals surface area contributed by atoms with Gasteiger partial charge in [-0.05, 0) is 43.7 Å². The number of benzene rings is 1. The fourth-order valence-electron chi connectivity index (χ4n) is 1.78. The first-order chi connectivity index (χ1) is 9.56. The molecule has 0 spiro atoms. The zero-order chi connectivity index (χ0) is 14.5. The van der Waals surface area contributed by atoms with Crippen LogP contribution in [0.2, 0.25) is 0 Å². The van der Waals surface area contributed by atoms with E-state index in [2.05, 4.69) is 15.6 Å². The number of aromatic nitrogens is 1. The van der Waals surface area contributed by atoms with Gasteiger partial charge in [0.1, 0.15) is 0 Å². The monoisotopic (exact) mass is 271 g/mol. The second-order valence-corrected chi connectivity index (χ2v) is 4.52. The molecule has 0 aliphatic carbocycles. The van der Waals surface area contributed by atoms with Gasteiger partial charge >= 0.3 is 6.03 Å². The number of aryl methyl sites for hydroxylation is 1. The van der Waals surface area contributed by atoms with Crippen LogP contribution in [0.5, 0.6) is 0 Å². The summed E-state index contributed by atoms with van der Waals surface area (Å²) in [5, 5.41) is 15.0. The summed E-state index contributed by atoms with van der Waals surface area (Å²) in [6, 6.07) is 10.3. The predicted octanol–water partition coefficient (Wildman–Crippen LogP) is 3.09. The standard InChI is InChI=1S/C15H17N3O2/c1-10-14(7-4-8-16-10)18-15(20)17-13-6-3-5-12(9-13)11(2)19/h3-9,11,19H,1-2H3,(H2,17,18,20). The average molecular weight is 271 g/mol. The lowest BCUT2D eigenvalue weighted by molar-refractivity contribution is 0.199. The van der Waals surface area contributed by atoms with Crippen molar-refractivity contribution >= 4 is 17.4 Å². The van der Waals surface area contributed by atoms with Gasteiger partial charge in [0.2, 0.25) is 0 Å². The van der Waals surface area contributed by atoms with E-state index < -0.39 is 6.10 Å². The smallest absolute Gasteiger partial charge is 0.323 e. The first-order valence-electron chi connectivity index (χ1n) is 6.34. The minimum Gasteiger partial charge on any atom is -0.389 e. The lowest BCUT2D eigenvalue weighted by Gasteiger charge is -2.11. The van der Waals surface area contributed by atoms with Gasteiger partial charge in [-0.15, -0.1) is 0 Å². The fourth-order valence-corrected chi connectivity index (χ4v) is 1.78. The molecule has 20 heavy (non-hydrogen) atoms. The second kappa shape index (κ2) is 6.16. The van der Waals surface area contributed by atoms with Crippen molar-refractivity contribution in [2.24, 2.45) is 0 Å². The molecule has 0 aliphatic rings. The summed E-state index contributed by atoms with van der Waals surface area (Å²) >= 11 is 0. The molecule has 1 heterocycles. The Hall–Kier alpha value is -2.40. The zero-order valence-electron chi connectivity index (χ0n) is 11.4. The Kier molecular flexibility index (Phi) is 4.32. The minimum atomic E-state index is -0.569. The van der Waals surface area contributed by atoms with Crippen LogP contribution >= 0.6 is 0 Å². The SMILES string of the molecule is Cc1ncccc1NC(=O)Nc1cccc(C(C)O)c1. The molecule has 1 unspecified atom stereocenters. The number of hydrogen-bond acceptors (Lipinski definition) is 3. The molecule has 5 nitrogen and oxygen atoms in total. The van der Waals surface area contributed by atoms with Gasteiger partial charge in [-0.3, -0.25) is 4.98 Å². The Labute approximate surface area is 117 Å². The highest BCUT2D eigenvalue weighted by molar-refractivity contribution is 6.00. The number of aliphatic hydroxyl groups is 1. The summed E-state index contributed by atoms with van der Waals surface area (Å²) in [4.78, 5) is 16.0. The highest BCUT2D eigenvalue weighted by Gasteiger charge is 2.06. The number of anilines is 2. The van der Waals surface area contributed by atoms with Crippen LogP contribution in [-0.2, 0) is 0 Å². The van der Waals surface area contributed by atoms with Crippen LogP contribution in [0.4, 0.5) is 16.2 Å². The quantitative estimate of drug-likeness (QED) is 0.803. The molecule has 5 heteroatoms. The van der Waals surface area contributed by atoms with Crippen LogP contribution in [0.3, 0.4) is 0 Å². The molecule has 0 bridgehead atoms. The van der Waals surface area contributed by atoms with E-state index in [0.29, 0.717) is 11.4 Å². The number of carbonyl (C=O) groups excluding carboxylic acids is 1. The molecule has 0 radical (unpaired) electrons. The highest BCUT2D eigenvalue weighted by atomic mass is 16.3. The van der Waals surface area contributed by atoms with E-state index in [1.165, 1.54) is 0 Å². The second-order valence-electron chi connectivity index (χ2n) is 4.52.